The van der Waals surface area contributed by atoms with Gasteiger partial charge in [-0.2, -0.15) is 0 Å². The van der Waals surface area contributed by atoms with Crippen molar-refractivity contribution in [1.82, 2.24) is 0 Å². The van der Waals surface area contributed by atoms with Crippen LogP contribution in [0.5, 0.6) is 0 Å². The van der Waals surface area contributed by atoms with Gasteiger partial charge in [0.05, 0.1) is 0 Å². The second kappa shape index (κ2) is 2.63. The van der Waals surface area contributed by atoms with Crippen molar-refractivity contribution in [3.8, 4) is 0 Å². The summed E-state index contributed by atoms with van der Waals surface area (Å²) in [4.78, 5) is 11.9. The molecule has 0 aliphatic heterocycles. The van der Waals surface area contributed by atoms with Gasteiger partial charge < -0.3 is 0 Å². The lowest BCUT2D eigenvalue weighted by Gasteiger charge is -2.44. The van der Waals surface area contributed by atoms with Gasteiger partial charge in [0.25, 0.3) is 0 Å². The molecule has 0 spiro atoms. The van der Waals surface area contributed by atoms with Crippen molar-refractivity contribution in [3.05, 3.63) is 12.2 Å². The molecule has 16 heavy (non-hydrogen) atoms. The van der Waals surface area contributed by atoms with Crippen LogP contribution < -0.4 is 0 Å². The first-order valence-electron chi connectivity index (χ1n) is 6.52. The van der Waals surface area contributed by atoms with Crippen molar-refractivity contribution in [2.45, 2.75) is 52.9 Å². The smallest absolute Gasteiger partial charge is 0.134 e. The maximum absolute atomic E-state index is 11.9. The number of Topliss-reactive ketones (excluding diaryl/α,β-unsaturated/α-hetero) is 1. The van der Waals surface area contributed by atoms with E-state index in [-0.39, 0.29) is 10.8 Å². The van der Waals surface area contributed by atoms with Crippen molar-refractivity contribution in [1.29, 1.82) is 0 Å². The average molecular weight is 218 g/mol. The minimum absolute atomic E-state index is 0.201. The number of carbonyl (C=O) groups is 1. The van der Waals surface area contributed by atoms with Crippen molar-refractivity contribution in [3.63, 3.8) is 0 Å². The van der Waals surface area contributed by atoms with Gasteiger partial charge in [0.1, 0.15) is 5.78 Å². The van der Waals surface area contributed by atoms with E-state index < -0.39 is 0 Å². The van der Waals surface area contributed by atoms with Crippen LogP contribution in [0.25, 0.3) is 0 Å². The molecule has 2 bridgehead atoms. The molecule has 3 aliphatic rings. The van der Waals surface area contributed by atoms with Crippen molar-refractivity contribution < 1.29 is 4.79 Å². The molecule has 3 aliphatic carbocycles. The number of ketones is 1. The molecule has 3 saturated carbocycles. The summed E-state index contributed by atoms with van der Waals surface area (Å²) in [7, 11) is 0. The van der Waals surface area contributed by atoms with Gasteiger partial charge in [0.2, 0.25) is 0 Å². The Morgan fingerprint density at radius 1 is 1.25 bits per heavy atom. The highest BCUT2D eigenvalue weighted by Crippen LogP contribution is 2.76. The van der Waals surface area contributed by atoms with Crippen LogP contribution in [0.1, 0.15) is 52.9 Å². The van der Waals surface area contributed by atoms with E-state index in [1.54, 1.807) is 0 Å². The summed E-state index contributed by atoms with van der Waals surface area (Å²) in [5.41, 5.74) is 2.21. The van der Waals surface area contributed by atoms with Crippen LogP contribution in [0.3, 0.4) is 0 Å². The largest absolute Gasteiger partial charge is 0.300 e. The molecule has 88 valence electrons. The quantitative estimate of drug-likeness (QED) is 0.566. The Balaban J connectivity index is 2.18. The van der Waals surface area contributed by atoms with E-state index >= 15 is 0 Å². The first-order chi connectivity index (χ1) is 7.32. The standard InChI is InChI=1S/C15H22O/c1-10-5-6-13(2)9-12(10)14(3)7-11(16)8-15(13,14)4/h12H,1,5-9H2,2-4H3. The highest BCUT2D eigenvalue weighted by Gasteiger charge is 2.70. The lowest BCUT2D eigenvalue weighted by Crippen LogP contribution is -2.38. The van der Waals surface area contributed by atoms with Crippen molar-refractivity contribution >= 4 is 5.78 Å². The minimum Gasteiger partial charge on any atom is -0.300 e. The van der Waals surface area contributed by atoms with E-state index in [0.717, 1.165) is 12.8 Å². The molecular formula is C15H22O. The van der Waals surface area contributed by atoms with Gasteiger partial charge in [0, 0.05) is 12.8 Å². The molecule has 1 nitrogen and oxygen atoms in total. The highest BCUT2D eigenvalue weighted by molar-refractivity contribution is 5.83. The normalized spacial score (nSPS) is 55.6. The van der Waals surface area contributed by atoms with Crippen LogP contribution in [-0.4, -0.2) is 5.78 Å². The van der Waals surface area contributed by atoms with Crippen molar-refractivity contribution in [2.75, 3.05) is 0 Å². The summed E-state index contributed by atoms with van der Waals surface area (Å²) in [5.74, 6) is 1.08. The molecule has 0 aromatic heterocycles. The molecule has 0 amide bonds. The first kappa shape index (κ1) is 10.6. The molecule has 3 rings (SSSR count). The van der Waals surface area contributed by atoms with Crippen molar-refractivity contribution in [2.24, 2.45) is 22.2 Å². The fraction of sp³-hybridized carbons (Fsp3) is 0.800. The summed E-state index contributed by atoms with van der Waals surface area (Å²) in [5, 5.41) is 0. The second-order valence-electron chi connectivity index (χ2n) is 7.12. The Morgan fingerprint density at radius 2 is 1.94 bits per heavy atom. The third-order valence-corrected chi connectivity index (χ3v) is 6.62. The lowest BCUT2D eigenvalue weighted by molar-refractivity contribution is -0.119. The Morgan fingerprint density at radius 3 is 2.62 bits per heavy atom. The molecule has 0 radical (unpaired) electrons. The van der Waals surface area contributed by atoms with E-state index in [4.69, 9.17) is 0 Å². The number of allylic oxidation sites excluding steroid dienone is 1. The molecule has 1 heteroatoms. The first-order valence-corrected chi connectivity index (χ1v) is 6.52. The van der Waals surface area contributed by atoms with Gasteiger partial charge in [-0.15, -0.1) is 0 Å². The van der Waals surface area contributed by atoms with Crippen LogP contribution in [0.4, 0.5) is 0 Å². The molecule has 0 aromatic rings. The third kappa shape index (κ3) is 0.881. The Kier molecular flexibility index (Phi) is 1.73. The van der Waals surface area contributed by atoms with Crippen LogP contribution in [0.2, 0.25) is 0 Å². The zero-order valence-corrected chi connectivity index (χ0v) is 10.7. The van der Waals surface area contributed by atoms with Gasteiger partial charge in [-0.25, -0.2) is 0 Å². The second-order valence-corrected chi connectivity index (χ2v) is 7.12. The van der Waals surface area contributed by atoms with E-state index in [0.29, 0.717) is 17.1 Å². The lowest BCUT2D eigenvalue weighted by atomic mass is 9.59. The molecule has 0 saturated heterocycles. The number of rotatable bonds is 0. The summed E-state index contributed by atoms with van der Waals surface area (Å²) in [6.45, 7) is 11.4. The third-order valence-electron chi connectivity index (χ3n) is 6.62. The average Bonchev–Trinajstić information content (AvgIpc) is 2.49. The molecule has 4 unspecified atom stereocenters. The van der Waals surface area contributed by atoms with E-state index in [9.17, 15) is 4.79 Å². The highest BCUT2D eigenvalue weighted by atomic mass is 16.1. The fourth-order valence-corrected chi connectivity index (χ4v) is 5.16. The number of hydrogen-bond acceptors (Lipinski definition) is 1. The number of fused-ring (bicyclic) bond motifs is 5. The fourth-order valence-electron chi connectivity index (χ4n) is 5.16. The molecule has 4 atom stereocenters. The minimum atomic E-state index is 0.201. The summed E-state index contributed by atoms with van der Waals surface area (Å²) in [6, 6.07) is 0. The molecule has 0 N–H and O–H groups in total. The Bertz CT molecular complexity index is 396. The van der Waals surface area contributed by atoms with Crippen LogP contribution >= 0.6 is 0 Å². The summed E-state index contributed by atoms with van der Waals surface area (Å²) >= 11 is 0. The SMILES string of the molecule is C=C1CCC2(C)CC1C1(C)CC(=O)CC21C. The van der Waals surface area contributed by atoms with E-state index in [1.807, 2.05) is 0 Å². The zero-order valence-electron chi connectivity index (χ0n) is 10.7. The van der Waals surface area contributed by atoms with Gasteiger partial charge in [-0.05, 0) is 41.4 Å². The predicted octanol–water partition coefficient (Wildman–Crippen LogP) is 3.74. The number of carbonyl (C=O) groups excluding carboxylic acids is 1. The summed E-state index contributed by atoms with van der Waals surface area (Å²) in [6.07, 6.45) is 5.29. The molecule has 3 fully saturated rings. The van der Waals surface area contributed by atoms with Crippen LogP contribution in [0, 0.1) is 22.2 Å². The van der Waals surface area contributed by atoms with E-state index in [2.05, 4.69) is 27.4 Å². The monoisotopic (exact) mass is 218 g/mol. The maximum Gasteiger partial charge on any atom is 0.134 e. The van der Waals surface area contributed by atoms with Gasteiger partial charge >= 0.3 is 0 Å². The van der Waals surface area contributed by atoms with Crippen LogP contribution in [0.15, 0.2) is 12.2 Å². The van der Waals surface area contributed by atoms with E-state index in [1.165, 1.54) is 24.8 Å². The Hall–Kier alpha value is -0.590. The number of hydrogen-bond donors (Lipinski definition) is 0. The van der Waals surface area contributed by atoms with Gasteiger partial charge in [-0.1, -0.05) is 32.9 Å². The Labute approximate surface area is 98.3 Å². The van der Waals surface area contributed by atoms with Crippen LogP contribution in [-0.2, 0) is 4.79 Å². The topological polar surface area (TPSA) is 17.1 Å². The molecule has 0 aromatic carbocycles. The predicted molar refractivity (Wildman–Crippen MR) is 65.0 cm³/mol. The zero-order chi connectivity index (χ0) is 11.8. The maximum atomic E-state index is 11.9. The van der Waals surface area contributed by atoms with Gasteiger partial charge in [0.15, 0.2) is 0 Å². The summed E-state index contributed by atoms with van der Waals surface area (Å²) < 4.78 is 0. The van der Waals surface area contributed by atoms with Gasteiger partial charge in [-0.3, -0.25) is 4.79 Å². The molecule has 0 heterocycles. The molecular weight excluding hydrogens is 196 g/mol.